The second-order valence-electron chi connectivity index (χ2n) is 6.08. The zero-order valence-corrected chi connectivity index (χ0v) is 15.9. The van der Waals surface area contributed by atoms with E-state index in [4.69, 9.17) is 11.4 Å². The molecule has 0 atom stereocenters. The molecule has 0 spiro atoms. The molecule has 26 heavy (non-hydrogen) atoms. The molecule has 0 saturated carbocycles. The van der Waals surface area contributed by atoms with E-state index in [0.29, 0.717) is 0 Å². The van der Waals surface area contributed by atoms with Crippen molar-refractivity contribution in [2.75, 3.05) is 7.11 Å². The maximum atomic E-state index is 6.14. The van der Waals surface area contributed by atoms with Crippen LogP contribution >= 0.6 is 0 Å². The first-order valence-corrected chi connectivity index (χ1v) is 9.66. The number of fused-ring (bicyclic) bond motifs is 7. The molecule has 0 saturated heterocycles. The van der Waals surface area contributed by atoms with Crippen LogP contribution in [0.2, 0.25) is 0 Å². The number of benzene rings is 4. The van der Waals surface area contributed by atoms with Crippen molar-refractivity contribution >= 4 is 36.7 Å². The zero-order chi connectivity index (χ0) is 16.8. The summed E-state index contributed by atoms with van der Waals surface area (Å²) in [5.41, 5.74) is 2.16. The minimum absolute atomic E-state index is 0. The van der Waals surface area contributed by atoms with Crippen LogP contribution in [0.1, 0.15) is 0 Å². The Morgan fingerprint density at radius 2 is 1.12 bits per heavy atom. The van der Waals surface area contributed by atoms with Crippen LogP contribution in [0.3, 0.4) is 0 Å². The average molecular weight is 349 g/mol. The van der Waals surface area contributed by atoms with Crippen LogP contribution in [0.4, 0.5) is 0 Å². The fourth-order valence-electron chi connectivity index (χ4n) is 3.54. The summed E-state index contributed by atoms with van der Waals surface area (Å²) < 4.78 is 17.8. The molecule has 5 rings (SSSR count). The minimum atomic E-state index is -2.29. The molecule has 1 aliphatic rings. The summed E-state index contributed by atoms with van der Waals surface area (Å²) >= 11 is -2.29. The summed E-state index contributed by atoms with van der Waals surface area (Å²) in [6.07, 6.45) is 0. The van der Waals surface area contributed by atoms with E-state index in [1.54, 1.807) is 7.11 Å². The average Bonchev–Trinajstić information content (AvgIpc) is 2.84. The minimum Gasteiger partial charge on any atom is -0.764 e. The van der Waals surface area contributed by atoms with Crippen LogP contribution in [-0.4, -0.2) is 22.3 Å². The van der Waals surface area contributed by atoms with E-state index >= 15 is 0 Å². The van der Waals surface area contributed by atoms with Crippen LogP contribution in [0.25, 0.3) is 32.7 Å². The van der Waals surface area contributed by atoms with Gasteiger partial charge in [-0.2, -0.15) is 0 Å². The van der Waals surface area contributed by atoms with Crippen LogP contribution < -0.4 is 26.4 Å². The monoisotopic (exact) mass is 349 g/mol. The molecule has 5 heteroatoms. The maximum Gasteiger partial charge on any atom is 1.00 e. The SMILES string of the molecule is C[O][Al-]1[O]c2ccc3ccccc3c2-c2c(ccc3ccccc23)[O]1.[Li+]. The van der Waals surface area contributed by atoms with Crippen molar-refractivity contribution in [3.63, 3.8) is 0 Å². The quantitative estimate of drug-likeness (QED) is 0.493. The summed E-state index contributed by atoms with van der Waals surface area (Å²) in [6.45, 7) is 0. The van der Waals surface area contributed by atoms with Crippen molar-refractivity contribution in [2.45, 2.75) is 0 Å². The third-order valence-electron chi connectivity index (χ3n) is 4.67. The van der Waals surface area contributed by atoms with Crippen LogP contribution in [0.5, 0.6) is 11.5 Å². The first kappa shape index (κ1) is 17.5. The van der Waals surface area contributed by atoms with E-state index in [1.165, 1.54) is 10.8 Å². The Morgan fingerprint density at radius 3 is 1.58 bits per heavy atom. The Hall–Kier alpha value is -1.91. The fourth-order valence-corrected chi connectivity index (χ4v) is 4.59. The van der Waals surface area contributed by atoms with Crippen molar-refractivity contribution in [1.29, 1.82) is 0 Å². The molecular formula is C21H15AlLiO3. The van der Waals surface area contributed by atoms with Gasteiger partial charge in [-0.15, -0.1) is 0 Å². The molecule has 0 amide bonds. The largest absolute Gasteiger partial charge is 1.00 e. The Bertz CT molecular complexity index is 1030. The summed E-state index contributed by atoms with van der Waals surface area (Å²) in [6, 6.07) is 25.0. The smallest absolute Gasteiger partial charge is 0.764 e. The Balaban J connectivity index is 0.00000168. The van der Waals surface area contributed by atoms with Gasteiger partial charge in [0.25, 0.3) is 0 Å². The van der Waals surface area contributed by atoms with Crippen molar-refractivity contribution in [3.8, 4) is 22.6 Å². The van der Waals surface area contributed by atoms with Crippen molar-refractivity contribution in [1.82, 2.24) is 0 Å². The van der Waals surface area contributed by atoms with Gasteiger partial charge in [0.2, 0.25) is 0 Å². The summed E-state index contributed by atoms with van der Waals surface area (Å²) in [5.74, 6) is 1.65. The molecule has 121 valence electrons. The third-order valence-corrected chi connectivity index (χ3v) is 5.95. The molecular weight excluding hydrogens is 334 g/mol. The second-order valence-corrected chi connectivity index (χ2v) is 7.60. The van der Waals surface area contributed by atoms with Gasteiger partial charge in [0.1, 0.15) is 0 Å². The van der Waals surface area contributed by atoms with Gasteiger partial charge in [0.15, 0.2) is 0 Å². The van der Waals surface area contributed by atoms with Gasteiger partial charge in [-0.05, 0) is 40.8 Å². The predicted molar refractivity (Wildman–Crippen MR) is 101 cm³/mol. The van der Waals surface area contributed by atoms with Gasteiger partial charge >= 0.3 is 34.0 Å². The van der Waals surface area contributed by atoms with E-state index in [0.717, 1.165) is 33.4 Å². The van der Waals surface area contributed by atoms with E-state index in [-0.39, 0.29) is 18.9 Å². The topological polar surface area (TPSA) is 27.7 Å². The van der Waals surface area contributed by atoms with E-state index in [9.17, 15) is 0 Å². The molecule has 1 aliphatic heterocycles. The summed E-state index contributed by atoms with van der Waals surface area (Å²) in [4.78, 5) is 0. The second kappa shape index (κ2) is 7.01. The first-order chi connectivity index (χ1) is 12.3. The molecule has 1 radical (unpaired) electrons. The van der Waals surface area contributed by atoms with Crippen molar-refractivity contribution < 1.29 is 30.2 Å². The Labute approximate surface area is 169 Å². The molecule has 0 unspecified atom stereocenters. The Kier molecular flexibility index (Phi) is 4.72. The van der Waals surface area contributed by atoms with E-state index in [2.05, 4.69) is 60.7 Å². The normalized spacial score (nSPS) is 13.1. The molecule has 0 aliphatic carbocycles. The Morgan fingerprint density at radius 1 is 0.654 bits per heavy atom. The summed E-state index contributed by atoms with van der Waals surface area (Å²) in [5, 5.41) is 4.68. The fraction of sp³-hybridized carbons (Fsp3) is 0.0476. The predicted octanol–water partition coefficient (Wildman–Crippen LogP) is 2.07. The van der Waals surface area contributed by atoms with Gasteiger partial charge in [-0.1, -0.05) is 60.7 Å². The van der Waals surface area contributed by atoms with Gasteiger partial charge in [-0.3, -0.25) is 0 Å². The zero-order valence-electron chi connectivity index (χ0n) is 14.7. The molecule has 0 bridgehead atoms. The molecule has 0 N–H and O–H groups in total. The molecule has 0 aromatic heterocycles. The first-order valence-electron chi connectivity index (χ1n) is 8.25. The van der Waals surface area contributed by atoms with Gasteiger partial charge in [0.05, 0.1) is 11.5 Å². The molecule has 4 aromatic rings. The van der Waals surface area contributed by atoms with E-state index < -0.39 is 15.1 Å². The standard InChI is InChI=1S/C20H14O2.CH3O.Al.Li/c21-17-11-9-13-5-1-3-7-15(13)19(17)20-16-8-4-2-6-14(16)10-12-18(20)22;1-2;;/h1-12,21-22H;1H3;;/q;-1;+2;+1/p-2. The van der Waals surface area contributed by atoms with Crippen molar-refractivity contribution in [2.24, 2.45) is 0 Å². The van der Waals surface area contributed by atoms with E-state index in [1.807, 2.05) is 12.1 Å². The number of hydrogen-bond acceptors (Lipinski definition) is 3. The number of rotatable bonds is 1. The third kappa shape index (κ3) is 2.72. The maximum absolute atomic E-state index is 6.14. The van der Waals surface area contributed by atoms with Crippen LogP contribution in [0.15, 0.2) is 72.8 Å². The van der Waals surface area contributed by atoms with Crippen LogP contribution in [-0.2, 0) is 3.79 Å². The number of hydrogen-bond donors (Lipinski definition) is 0. The molecule has 0 fully saturated rings. The van der Waals surface area contributed by atoms with Crippen molar-refractivity contribution in [3.05, 3.63) is 72.8 Å². The molecule has 4 aromatic carbocycles. The molecule has 1 heterocycles. The van der Waals surface area contributed by atoms with Gasteiger partial charge in [-0.25, -0.2) is 0 Å². The summed E-state index contributed by atoms with van der Waals surface area (Å²) in [7, 11) is 1.64. The van der Waals surface area contributed by atoms with Gasteiger partial charge < -0.3 is 11.4 Å². The van der Waals surface area contributed by atoms with Crippen LogP contribution in [0, 0.1) is 0 Å². The molecule has 3 nitrogen and oxygen atoms in total. The van der Waals surface area contributed by atoms with Gasteiger partial charge in [0, 0.05) is 11.1 Å².